The quantitative estimate of drug-likeness (QED) is 0.497. The number of nitrogens with one attached hydrogen (secondary N) is 2. The summed E-state index contributed by atoms with van der Waals surface area (Å²) in [4.78, 5) is 26.6. The monoisotopic (exact) mass is 461 g/mol. The molecule has 1 fully saturated rings. The number of piperidine rings is 1. The molecule has 0 radical (unpaired) electrons. The molecule has 1 saturated heterocycles. The van der Waals surface area contributed by atoms with Crippen LogP contribution >= 0.6 is 12.4 Å². The van der Waals surface area contributed by atoms with Crippen molar-refractivity contribution >= 4 is 24.3 Å². The summed E-state index contributed by atoms with van der Waals surface area (Å²) in [5, 5.41) is 15.7. The molecular weight excluding hydrogens is 430 g/mol. The number of carbonyl (C=O) groups is 2. The summed E-state index contributed by atoms with van der Waals surface area (Å²) in [6.07, 6.45) is 1.43. The summed E-state index contributed by atoms with van der Waals surface area (Å²) < 4.78 is 5.77. The molecule has 1 amide bonds. The lowest BCUT2D eigenvalue weighted by Gasteiger charge is -2.40. The van der Waals surface area contributed by atoms with Gasteiger partial charge in [-0.05, 0) is 56.6 Å². The van der Waals surface area contributed by atoms with Crippen LogP contribution in [0.2, 0.25) is 0 Å². The Morgan fingerprint density at radius 1 is 1.09 bits per heavy atom. The number of aromatic carboxylic acids is 1. The van der Waals surface area contributed by atoms with Crippen LogP contribution in [-0.2, 0) is 4.79 Å². The van der Waals surface area contributed by atoms with Crippen LogP contribution in [0, 0.1) is 0 Å². The molecule has 3 rings (SSSR count). The Kier molecular flexibility index (Phi) is 9.50. The predicted octanol–water partition coefficient (Wildman–Crippen LogP) is 3.12. The molecule has 1 atom stereocenters. The molecule has 8 heteroatoms. The third-order valence-electron chi connectivity index (χ3n) is 5.86. The van der Waals surface area contributed by atoms with Crippen molar-refractivity contribution < 1.29 is 19.4 Å². The summed E-state index contributed by atoms with van der Waals surface area (Å²) in [6.45, 7) is 4.62. The first-order valence-electron chi connectivity index (χ1n) is 10.7. The maximum atomic E-state index is 13.3. The van der Waals surface area contributed by atoms with E-state index >= 15 is 0 Å². The average molecular weight is 462 g/mol. The molecule has 2 aromatic carbocycles. The molecule has 0 aliphatic carbocycles. The Labute approximate surface area is 195 Å². The van der Waals surface area contributed by atoms with Gasteiger partial charge in [-0.3, -0.25) is 10.1 Å². The van der Waals surface area contributed by atoms with E-state index in [0.29, 0.717) is 26.0 Å². The third kappa shape index (κ3) is 6.69. The number of likely N-dealkylation sites (tertiary alicyclic amines) is 1. The molecule has 0 aromatic heterocycles. The normalized spacial score (nSPS) is 16.4. The van der Waals surface area contributed by atoms with Gasteiger partial charge in [0, 0.05) is 19.6 Å². The van der Waals surface area contributed by atoms with Crippen LogP contribution in [-0.4, -0.2) is 60.7 Å². The highest BCUT2D eigenvalue weighted by Gasteiger charge is 2.40. The highest BCUT2D eigenvalue weighted by molar-refractivity contribution is 5.88. The average Bonchev–Trinajstić information content (AvgIpc) is 2.79. The number of carboxylic acids is 1. The van der Waals surface area contributed by atoms with Crippen molar-refractivity contribution in [3.63, 3.8) is 0 Å². The summed E-state index contributed by atoms with van der Waals surface area (Å²) in [7, 11) is 2.06. The lowest BCUT2D eigenvalue weighted by Crippen LogP contribution is -2.62. The van der Waals surface area contributed by atoms with Gasteiger partial charge in [0.1, 0.15) is 17.9 Å². The van der Waals surface area contributed by atoms with Crippen LogP contribution in [0.3, 0.4) is 0 Å². The fourth-order valence-corrected chi connectivity index (χ4v) is 3.79. The van der Waals surface area contributed by atoms with Gasteiger partial charge in [0.25, 0.3) is 0 Å². The number of ether oxygens (including phenoxy) is 1. The van der Waals surface area contributed by atoms with Crippen molar-refractivity contribution in [2.45, 2.75) is 31.3 Å². The highest BCUT2D eigenvalue weighted by atomic mass is 35.5. The van der Waals surface area contributed by atoms with Gasteiger partial charge in [-0.1, -0.05) is 30.3 Å². The summed E-state index contributed by atoms with van der Waals surface area (Å²) in [5.41, 5.74) is 0.449. The van der Waals surface area contributed by atoms with Gasteiger partial charge in [0.15, 0.2) is 0 Å². The summed E-state index contributed by atoms with van der Waals surface area (Å²) in [5.74, 6) is -0.185. The second-order valence-corrected chi connectivity index (χ2v) is 8.10. The second kappa shape index (κ2) is 11.9. The molecule has 1 aliphatic rings. The van der Waals surface area contributed by atoms with Gasteiger partial charge in [-0.15, -0.1) is 12.4 Å². The molecule has 3 N–H and O–H groups in total. The molecule has 32 heavy (non-hydrogen) atoms. The van der Waals surface area contributed by atoms with Crippen LogP contribution in [0.4, 0.5) is 0 Å². The smallest absolute Gasteiger partial charge is 0.335 e. The third-order valence-corrected chi connectivity index (χ3v) is 5.86. The molecule has 0 spiro atoms. The number of rotatable bonds is 9. The summed E-state index contributed by atoms with van der Waals surface area (Å²) >= 11 is 0. The second-order valence-electron chi connectivity index (χ2n) is 8.10. The van der Waals surface area contributed by atoms with Crippen molar-refractivity contribution in [1.82, 2.24) is 15.5 Å². The fraction of sp³-hybridized carbons (Fsp3) is 0.417. The minimum atomic E-state index is -0.963. The van der Waals surface area contributed by atoms with Crippen molar-refractivity contribution in [2.75, 3.05) is 33.3 Å². The van der Waals surface area contributed by atoms with Gasteiger partial charge in [-0.25, -0.2) is 4.79 Å². The van der Waals surface area contributed by atoms with Gasteiger partial charge in [-0.2, -0.15) is 0 Å². The van der Waals surface area contributed by atoms with Gasteiger partial charge in [0.05, 0.1) is 11.6 Å². The summed E-state index contributed by atoms with van der Waals surface area (Å²) in [6, 6.07) is 16.0. The van der Waals surface area contributed by atoms with E-state index in [1.807, 2.05) is 37.3 Å². The maximum absolute atomic E-state index is 13.3. The van der Waals surface area contributed by atoms with Crippen LogP contribution in [0.25, 0.3) is 0 Å². The molecule has 2 aromatic rings. The maximum Gasteiger partial charge on any atom is 0.335 e. The van der Waals surface area contributed by atoms with E-state index < -0.39 is 11.5 Å². The Morgan fingerprint density at radius 2 is 1.72 bits per heavy atom. The molecule has 0 unspecified atom stereocenters. The number of nitrogens with zero attached hydrogens (tertiary/aromatic N) is 1. The fourth-order valence-electron chi connectivity index (χ4n) is 3.79. The van der Waals surface area contributed by atoms with Crippen LogP contribution in [0.1, 0.15) is 41.7 Å². The van der Waals surface area contributed by atoms with Gasteiger partial charge < -0.3 is 20.1 Å². The number of halogens is 1. The number of benzene rings is 2. The molecule has 1 aliphatic heterocycles. The molecule has 0 bridgehead atoms. The standard InChI is InChI=1S/C24H31N3O4.ClH/c1-18(19-8-10-20(11-9-19)22(28)29)26-23(30)24(12-15-27(2)16-13-24)25-14-17-31-21-6-4-3-5-7-21;/h3-11,18,25H,12-17H2,1-2H3,(H,26,30)(H,28,29);1H/t18-;/m0./s1. The lowest BCUT2D eigenvalue weighted by atomic mass is 9.86. The van der Waals surface area contributed by atoms with E-state index in [1.54, 1.807) is 24.3 Å². The first-order chi connectivity index (χ1) is 14.9. The Balaban J connectivity index is 0.00000363. The van der Waals surface area contributed by atoms with Crippen LogP contribution < -0.4 is 15.4 Å². The number of carboxylic acid groups (broad SMARTS) is 1. The van der Waals surface area contributed by atoms with E-state index in [-0.39, 0.29) is 29.9 Å². The molecular formula is C24H32ClN3O4. The number of carbonyl (C=O) groups excluding carboxylic acids is 1. The first-order valence-corrected chi connectivity index (χ1v) is 10.7. The zero-order valence-electron chi connectivity index (χ0n) is 18.5. The van der Waals surface area contributed by atoms with Crippen LogP contribution in [0.15, 0.2) is 54.6 Å². The Morgan fingerprint density at radius 3 is 2.31 bits per heavy atom. The van der Waals surface area contributed by atoms with E-state index in [4.69, 9.17) is 9.84 Å². The number of para-hydroxylation sites is 1. The number of hydrogen-bond acceptors (Lipinski definition) is 5. The number of amides is 1. The van der Waals surface area contributed by atoms with E-state index in [1.165, 1.54) is 0 Å². The first kappa shape index (κ1) is 25.6. The highest BCUT2D eigenvalue weighted by Crippen LogP contribution is 2.24. The minimum absolute atomic E-state index is 0. The molecule has 174 valence electrons. The van der Waals surface area contributed by atoms with Crippen molar-refractivity contribution in [3.8, 4) is 5.75 Å². The van der Waals surface area contributed by atoms with Gasteiger partial charge >= 0.3 is 5.97 Å². The topological polar surface area (TPSA) is 90.9 Å². The zero-order valence-corrected chi connectivity index (χ0v) is 19.4. The zero-order chi connectivity index (χ0) is 22.3. The lowest BCUT2D eigenvalue weighted by molar-refractivity contribution is -0.130. The van der Waals surface area contributed by atoms with Gasteiger partial charge in [0.2, 0.25) is 5.91 Å². The molecule has 7 nitrogen and oxygen atoms in total. The molecule has 0 saturated carbocycles. The van der Waals surface area contributed by atoms with E-state index in [0.717, 1.165) is 24.4 Å². The SMILES string of the molecule is C[C@H](NC(=O)C1(NCCOc2ccccc2)CCN(C)CC1)c1ccc(C(=O)O)cc1.Cl. The van der Waals surface area contributed by atoms with Crippen molar-refractivity contribution in [3.05, 3.63) is 65.7 Å². The van der Waals surface area contributed by atoms with E-state index in [9.17, 15) is 9.59 Å². The largest absolute Gasteiger partial charge is 0.492 e. The number of hydrogen-bond donors (Lipinski definition) is 3. The minimum Gasteiger partial charge on any atom is -0.492 e. The van der Waals surface area contributed by atoms with Crippen molar-refractivity contribution in [2.24, 2.45) is 0 Å². The van der Waals surface area contributed by atoms with E-state index in [2.05, 4.69) is 22.6 Å². The molecule has 1 heterocycles. The Hall–Kier alpha value is -2.61. The predicted molar refractivity (Wildman–Crippen MR) is 127 cm³/mol. The van der Waals surface area contributed by atoms with Crippen molar-refractivity contribution in [1.29, 1.82) is 0 Å². The van der Waals surface area contributed by atoms with Crippen LogP contribution in [0.5, 0.6) is 5.75 Å². The Bertz CT molecular complexity index is 869.